The molecule has 2 heterocycles. The van der Waals surface area contributed by atoms with E-state index >= 15 is 0 Å². The summed E-state index contributed by atoms with van der Waals surface area (Å²) in [4.78, 5) is 19.5. The number of para-hydroxylation sites is 1. The van der Waals surface area contributed by atoms with Gasteiger partial charge in [-0.15, -0.1) is 0 Å². The Hall–Kier alpha value is -2.53. The van der Waals surface area contributed by atoms with Gasteiger partial charge >= 0.3 is 0 Å². The largest absolute Gasteiger partial charge is 0.492 e. The molecule has 0 spiro atoms. The summed E-state index contributed by atoms with van der Waals surface area (Å²) in [6.07, 6.45) is 0.924. The number of nitrogens with zero attached hydrogens (tertiary/aromatic N) is 3. The van der Waals surface area contributed by atoms with Gasteiger partial charge in [0, 0.05) is 18.1 Å². The van der Waals surface area contributed by atoms with Crippen molar-refractivity contribution >= 4 is 28.5 Å². The van der Waals surface area contributed by atoms with Gasteiger partial charge in [-0.2, -0.15) is 0 Å². The predicted molar refractivity (Wildman–Crippen MR) is 99.8 cm³/mol. The maximum atomic E-state index is 12.7. The van der Waals surface area contributed by atoms with E-state index in [0.29, 0.717) is 30.1 Å². The topological polar surface area (TPSA) is 47.4 Å². The Morgan fingerprint density at radius 3 is 2.72 bits per heavy atom. The third-order valence-corrected chi connectivity index (χ3v) is 4.63. The Labute approximate surface area is 150 Å². The molecule has 0 amide bonds. The van der Waals surface area contributed by atoms with Gasteiger partial charge in [-0.05, 0) is 42.8 Å². The van der Waals surface area contributed by atoms with E-state index in [9.17, 15) is 4.79 Å². The van der Waals surface area contributed by atoms with Crippen molar-refractivity contribution in [1.29, 1.82) is 0 Å². The highest BCUT2D eigenvalue weighted by molar-refractivity contribution is 6.30. The number of aromatic nitrogens is 2. The SMILES string of the molecule is O=c1c2ccccc2nc2n1CCCN2CCOc1ccc(Cl)cc1. The number of hydrogen-bond acceptors (Lipinski definition) is 4. The van der Waals surface area contributed by atoms with E-state index in [1.54, 1.807) is 16.7 Å². The number of rotatable bonds is 4. The fraction of sp³-hybridized carbons (Fsp3) is 0.263. The summed E-state index contributed by atoms with van der Waals surface area (Å²) in [5.41, 5.74) is 0.771. The molecule has 128 valence electrons. The maximum Gasteiger partial charge on any atom is 0.262 e. The van der Waals surface area contributed by atoms with Gasteiger partial charge in [0.05, 0.1) is 17.4 Å². The molecule has 0 bridgehead atoms. The first-order valence-electron chi connectivity index (χ1n) is 8.35. The van der Waals surface area contributed by atoms with Crippen LogP contribution in [0, 0.1) is 0 Å². The second kappa shape index (κ2) is 6.76. The van der Waals surface area contributed by atoms with Gasteiger partial charge in [0.15, 0.2) is 0 Å². The Balaban J connectivity index is 1.55. The monoisotopic (exact) mass is 355 g/mol. The zero-order chi connectivity index (χ0) is 17.2. The fourth-order valence-electron chi connectivity index (χ4n) is 3.14. The van der Waals surface area contributed by atoms with Crippen molar-refractivity contribution < 1.29 is 4.74 Å². The van der Waals surface area contributed by atoms with Gasteiger partial charge in [0.1, 0.15) is 12.4 Å². The molecule has 6 heteroatoms. The Bertz CT molecular complexity index is 953. The van der Waals surface area contributed by atoms with E-state index in [4.69, 9.17) is 21.3 Å². The molecule has 25 heavy (non-hydrogen) atoms. The van der Waals surface area contributed by atoms with E-state index in [0.717, 1.165) is 30.2 Å². The quantitative estimate of drug-likeness (QED) is 0.720. The molecule has 5 nitrogen and oxygen atoms in total. The van der Waals surface area contributed by atoms with Crippen molar-refractivity contribution in [2.24, 2.45) is 0 Å². The smallest absolute Gasteiger partial charge is 0.262 e. The van der Waals surface area contributed by atoms with Crippen LogP contribution in [0.3, 0.4) is 0 Å². The molecule has 0 fully saturated rings. The molecule has 0 unspecified atom stereocenters. The molecule has 0 saturated carbocycles. The molecule has 0 N–H and O–H groups in total. The van der Waals surface area contributed by atoms with Crippen LogP contribution in [0.2, 0.25) is 5.02 Å². The first-order valence-corrected chi connectivity index (χ1v) is 8.73. The minimum absolute atomic E-state index is 0.0314. The van der Waals surface area contributed by atoms with Crippen molar-refractivity contribution in [3.63, 3.8) is 0 Å². The van der Waals surface area contributed by atoms with Crippen LogP contribution in [0.25, 0.3) is 10.9 Å². The van der Waals surface area contributed by atoms with Crippen LogP contribution in [0.4, 0.5) is 5.95 Å². The molecular weight excluding hydrogens is 338 g/mol. The highest BCUT2D eigenvalue weighted by Gasteiger charge is 2.20. The maximum absolute atomic E-state index is 12.7. The average molecular weight is 356 g/mol. The standard InChI is InChI=1S/C19H18ClN3O2/c20-14-6-8-15(9-7-14)25-13-12-22-10-3-11-23-18(24)16-4-1-2-5-17(16)21-19(22)23/h1-2,4-9H,3,10-13H2. The summed E-state index contributed by atoms with van der Waals surface area (Å²) in [6.45, 7) is 2.77. The molecule has 0 atom stereocenters. The minimum atomic E-state index is 0.0314. The van der Waals surface area contributed by atoms with Crippen molar-refractivity contribution in [2.75, 3.05) is 24.6 Å². The van der Waals surface area contributed by atoms with Gasteiger partial charge in [0.2, 0.25) is 5.95 Å². The zero-order valence-corrected chi connectivity index (χ0v) is 14.4. The summed E-state index contributed by atoms with van der Waals surface area (Å²) in [6, 6.07) is 14.8. The molecule has 4 rings (SSSR count). The summed E-state index contributed by atoms with van der Waals surface area (Å²) >= 11 is 5.88. The second-order valence-corrected chi connectivity index (χ2v) is 6.47. The van der Waals surface area contributed by atoms with Gasteiger partial charge in [-0.1, -0.05) is 23.7 Å². The molecule has 1 aliphatic heterocycles. The lowest BCUT2D eigenvalue weighted by Gasteiger charge is -2.30. The summed E-state index contributed by atoms with van der Waals surface area (Å²) in [5.74, 6) is 1.51. The zero-order valence-electron chi connectivity index (χ0n) is 13.7. The van der Waals surface area contributed by atoms with Crippen LogP contribution < -0.4 is 15.2 Å². The number of fused-ring (bicyclic) bond motifs is 2. The van der Waals surface area contributed by atoms with Crippen molar-refractivity contribution in [3.8, 4) is 5.75 Å². The number of halogens is 1. The number of hydrogen-bond donors (Lipinski definition) is 0. The molecule has 2 aromatic carbocycles. The van der Waals surface area contributed by atoms with E-state index in [2.05, 4.69) is 4.90 Å². The third-order valence-electron chi connectivity index (χ3n) is 4.38. The van der Waals surface area contributed by atoms with E-state index < -0.39 is 0 Å². The molecule has 0 radical (unpaired) electrons. The first kappa shape index (κ1) is 16.0. The Morgan fingerprint density at radius 1 is 1.08 bits per heavy atom. The van der Waals surface area contributed by atoms with Crippen LogP contribution in [0.15, 0.2) is 53.3 Å². The van der Waals surface area contributed by atoms with Crippen LogP contribution in [0.5, 0.6) is 5.75 Å². The van der Waals surface area contributed by atoms with E-state index in [-0.39, 0.29) is 5.56 Å². The number of benzene rings is 2. The van der Waals surface area contributed by atoms with Crippen LogP contribution in [-0.2, 0) is 6.54 Å². The second-order valence-electron chi connectivity index (χ2n) is 6.03. The number of anilines is 1. The van der Waals surface area contributed by atoms with Gasteiger partial charge < -0.3 is 9.64 Å². The molecule has 1 aromatic heterocycles. The van der Waals surface area contributed by atoms with Gasteiger partial charge in [-0.25, -0.2) is 4.98 Å². The van der Waals surface area contributed by atoms with Gasteiger partial charge in [-0.3, -0.25) is 9.36 Å². The fourth-order valence-corrected chi connectivity index (χ4v) is 3.26. The normalized spacial score (nSPS) is 13.7. The molecule has 3 aromatic rings. The van der Waals surface area contributed by atoms with E-state index in [1.807, 2.05) is 36.4 Å². The first-order chi connectivity index (χ1) is 12.2. The third kappa shape index (κ3) is 3.20. The number of ether oxygens (including phenoxy) is 1. The molecule has 0 saturated heterocycles. The average Bonchev–Trinajstić information content (AvgIpc) is 2.64. The summed E-state index contributed by atoms with van der Waals surface area (Å²) < 4.78 is 7.55. The highest BCUT2D eigenvalue weighted by atomic mass is 35.5. The van der Waals surface area contributed by atoms with Crippen LogP contribution in [0.1, 0.15) is 6.42 Å². The summed E-state index contributed by atoms with van der Waals surface area (Å²) in [5, 5.41) is 1.36. The van der Waals surface area contributed by atoms with E-state index in [1.165, 1.54) is 0 Å². The van der Waals surface area contributed by atoms with Crippen molar-refractivity contribution in [1.82, 2.24) is 9.55 Å². The molecule has 0 aliphatic carbocycles. The van der Waals surface area contributed by atoms with Crippen LogP contribution in [-0.4, -0.2) is 29.2 Å². The highest BCUT2D eigenvalue weighted by Crippen LogP contribution is 2.20. The molecule has 1 aliphatic rings. The predicted octanol–water partition coefficient (Wildman–Crippen LogP) is 3.34. The summed E-state index contributed by atoms with van der Waals surface area (Å²) in [7, 11) is 0. The Kier molecular flexibility index (Phi) is 4.32. The molecular formula is C19H18ClN3O2. The Morgan fingerprint density at radius 2 is 1.88 bits per heavy atom. The minimum Gasteiger partial charge on any atom is -0.492 e. The van der Waals surface area contributed by atoms with Crippen molar-refractivity contribution in [3.05, 3.63) is 63.9 Å². The van der Waals surface area contributed by atoms with Crippen LogP contribution >= 0.6 is 11.6 Å². The lowest BCUT2D eigenvalue weighted by molar-refractivity contribution is 0.319. The lowest BCUT2D eigenvalue weighted by Crippen LogP contribution is -2.40. The lowest BCUT2D eigenvalue weighted by atomic mass is 10.2. The van der Waals surface area contributed by atoms with Gasteiger partial charge in [0.25, 0.3) is 5.56 Å². The van der Waals surface area contributed by atoms with Crippen molar-refractivity contribution in [2.45, 2.75) is 13.0 Å².